The van der Waals surface area contributed by atoms with Gasteiger partial charge in [0, 0.05) is 22.7 Å². The average Bonchev–Trinajstić information content (AvgIpc) is 3.16. The van der Waals surface area contributed by atoms with Gasteiger partial charge in [0.2, 0.25) is 23.2 Å². The zero-order valence-electron chi connectivity index (χ0n) is 11.4. The Bertz CT molecular complexity index is 822. The van der Waals surface area contributed by atoms with Crippen molar-refractivity contribution in [2.75, 3.05) is 0 Å². The number of amides is 1. The topological polar surface area (TPSA) is 101 Å². The van der Waals surface area contributed by atoms with Crippen LogP contribution < -0.4 is 10.9 Å². The van der Waals surface area contributed by atoms with Crippen LogP contribution in [0.25, 0.3) is 11.4 Å². The minimum Gasteiger partial charge on any atom is -0.347 e. The molecule has 0 aliphatic heterocycles. The van der Waals surface area contributed by atoms with Crippen LogP contribution in [-0.4, -0.2) is 21.0 Å². The summed E-state index contributed by atoms with van der Waals surface area (Å²) >= 11 is 1.53. The number of pyridine rings is 1. The summed E-state index contributed by atoms with van der Waals surface area (Å²) in [5.74, 6) is 0.488. The van der Waals surface area contributed by atoms with Crippen molar-refractivity contribution < 1.29 is 9.32 Å². The van der Waals surface area contributed by atoms with Gasteiger partial charge in [-0.15, -0.1) is 11.3 Å². The van der Waals surface area contributed by atoms with E-state index in [-0.39, 0.29) is 23.9 Å². The second kappa shape index (κ2) is 6.35. The van der Waals surface area contributed by atoms with E-state index in [4.69, 9.17) is 4.52 Å². The molecule has 0 saturated heterocycles. The summed E-state index contributed by atoms with van der Waals surface area (Å²) < 4.78 is 5.06. The number of nitrogens with zero attached hydrogens (tertiary/aromatic N) is 2. The van der Waals surface area contributed by atoms with E-state index in [1.54, 1.807) is 6.07 Å². The highest BCUT2D eigenvalue weighted by atomic mass is 32.1. The van der Waals surface area contributed by atoms with Crippen molar-refractivity contribution in [1.82, 2.24) is 20.4 Å². The molecule has 112 valence electrons. The molecule has 22 heavy (non-hydrogen) atoms. The number of aromatic nitrogens is 3. The van der Waals surface area contributed by atoms with E-state index in [2.05, 4.69) is 20.4 Å². The highest BCUT2D eigenvalue weighted by Gasteiger charge is 2.10. The lowest BCUT2D eigenvalue weighted by Crippen LogP contribution is -2.24. The number of hydrogen-bond acceptors (Lipinski definition) is 6. The van der Waals surface area contributed by atoms with Crippen molar-refractivity contribution in [1.29, 1.82) is 0 Å². The molecule has 3 heterocycles. The summed E-state index contributed by atoms with van der Waals surface area (Å²) in [7, 11) is 0. The maximum absolute atomic E-state index is 11.8. The molecule has 3 aromatic heterocycles. The zero-order valence-corrected chi connectivity index (χ0v) is 12.2. The van der Waals surface area contributed by atoms with Crippen LogP contribution in [0.3, 0.4) is 0 Å². The molecular formula is C14H12N4O3S. The molecule has 0 unspecified atom stereocenters. The van der Waals surface area contributed by atoms with Gasteiger partial charge in [0.25, 0.3) is 0 Å². The van der Waals surface area contributed by atoms with Gasteiger partial charge in [0.05, 0.1) is 13.0 Å². The number of carbonyl (C=O) groups is 1. The second-order valence-electron chi connectivity index (χ2n) is 4.49. The average molecular weight is 316 g/mol. The quantitative estimate of drug-likeness (QED) is 0.740. The summed E-state index contributed by atoms with van der Waals surface area (Å²) in [5.41, 5.74) is 0.316. The van der Waals surface area contributed by atoms with E-state index in [1.807, 2.05) is 17.5 Å². The van der Waals surface area contributed by atoms with Crippen molar-refractivity contribution in [3.63, 3.8) is 0 Å². The normalized spacial score (nSPS) is 10.5. The third-order valence-corrected chi connectivity index (χ3v) is 3.73. The number of nitrogens with one attached hydrogen (secondary N) is 2. The number of aromatic amines is 1. The molecule has 0 aliphatic rings. The van der Waals surface area contributed by atoms with Crippen LogP contribution in [0.15, 0.2) is 45.2 Å². The van der Waals surface area contributed by atoms with E-state index in [0.717, 1.165) is 4.88 Å². The predicted molar refractivity (Wildman–Crippen MR) is 80.2 cm³/mol. The number of thiophene rings is 1. The molecule has 1 amide bonds. The highest BCUT2D eigenvalue weighted by molar-refractivity contribution is 7.10. The Kier molecular flexibility index (Phi) is 4.10. The first-order chi connectivity index (χ1) is 10.7. The minimum absolute atomic E-state index is 0.113. The first-order valence-electron chi connectivity index (χ1n) is 6.51. The SMILES string of the molecule is O=C(Cc1cccs1)NCc1nc(-c2cc[nH]c(=O)c2)no1. The standard InChI is InChI=1S/C14H12N4O3S/c19-11-6-9(3-4-15-11)14-17-13(21-18-14)8-16-12(20)7-10-2-1-5-22-10/h1-6H,7-8H2,(H,15,19)(H,16,20). The molecule has 0 bridgehead atoms. The summed E-state index contributed by atoms with van der Waals surface area (Å²) in [5, 5.41) is 8.44. The van der Waals surface area contributed by atoms with Gasteiger partial charge >= 0.3 is 0 Å². The van der Waals surface area contributed by atoms with Crippen molar-refractivity contribution >= 4 is 17.2 Å². The lowest BCUT2D eigenvalue weighted by molar-refractivity contribution is -0.120. The summed E-state index contributed by atoms with van der Waals surface area (Å²) in [6.07, 6.45) is 1.84. The number of rotatable bonds is 5. The Labute approximate surface area is 129 Å². The maximum atomic E-state index is 11.8. The molecule has 2 N–H and O–H groups in total. The fraction of sp³-hybridized carbons (Fsp3) is 0.143. The predicted octanol–water partition coefficient (Wildman–Crippen LogP) is 1.35. The molecule has 3 aromatic rings. The molecule has 0 fully saturated rings. The van der Waals surface area contributed by atoms with Crippen LogP contribution >= 0.6 is 11.3 Å². The van der Waals surface area contributed by atoms with Crippen LogP contribution in [0.1, 0.15) is 10.8 Å². The third-order valence-electron chi connectivity index (χ3n) is 2.85. The molecule has 7 nitrogen and oxygen atoms in total. The lowest BCUT2D eigenvalue weighted by atomic mass is 10.2. The molecule has 0 atom stereocenters. The fourth-order valence-corrected chi connectivity index (χ4v) is 2.54. The van der Waals surface area contributed by atoms with Crippen molar-refractivity contribution in [2.24, 2.45) is 0 Å². The van der Waals surface area contributed by atoms with Crippen molar-refractivity contribution in [2.45, 2.75) is 13.0 Å². The van der Waals surface area contributed by atoms with E-state index in [1.165, 1.54) is 23.6 Å². The largest absolute Gasteiger partial charge is 0.347 e. The molecule has 0 spiro atoms. The highest BCUT2D eigenvalue weighted by Crippen LogP contribution is 2.13. The Balaban J connectivity index is 1.60. The Hall–Kier alpha value is -2.74. The van der Waals surface area contributed by atoms with Gasteiger partial charge in [-0.3, -0.25) is 9.59 Å². The van der Waals surface area contributed by atoms with Gasteiger partial charge in [-0.25, -0.2) is 0 Å². The Morgan fingerprint density at radius 2 is 2.32 bits per heavy atom. The van der Waals surface area contributed by atoms with Crippen molar-refractivity contribution in [3.05, 3.63) is 57.0 Å². The first kappa shape index (κ1) is 14.2. The second-order valence-corrected chi connectivity index (χ2v) is 5.52. The summed E-state index contributed by atoms with van der Waals surface area (Å²) in [6, 6.07) is 6.86. The van der Waals surface area contributed by atoms with Crippen LogP contribution in [0.4, 0.5) is 0 Å². The number of hydrogen-bond donors (Lipinski definition) is 2. The summed E-state index contributed by atoms with van der Waals surface area (Å²) in [4.78, 5) is 30.7. The Morgan fingerprint density at radius 1 is 1.41 bits per heavy atom. The van der Waals surface area contributed by atoms with Crippen molar-refractivity contribution in [3.8, 4) is 11.4 Å². The zero-order chi connectivity index (χ0) is 15.4. The molecule has 0 radical (unpaired) electrons. The number of H-pyrrole nitrogens is 1. The minimum atomic E-state index is -0.242. The van der Waals surface area contributed by atoms with E-state index < -0.39 is 0 Å². The monoisotopic (exact) mass is 316 g/mol. The van der Waals surface area contributed by atoms with Gasteiger partial charge in [-0.1, -0.05) is 11.2 Å². The van der Waals surface area contributed by atoms with E-state index >= 15 is 0 Å². The van der Waals surface area contributed by atoms with Gasteiger partial charge in [-0.2, -0.15) is 4.98 Å². The smallest absolute Gasteiger partial charge is 0.248 e. The lowest BCUT2D eigenvalue weighted by Gasteiger charge is -1.99. The van der Waals surface area contributed by atoms with Gasteiger partial charge in [0.1, 0.15) is 0 Å². The van der Waals surface area contributed by atoms with Crippen LogP contribution in [0.2, 0.25) is 0 Å². The molecule has 0 aliphatic carbocycles. The van der Waals surface area contributed by atoms with Crippen LogP contribution in [-0.2, 0) is 17.8 Å². The van der Waals surface area contributed by atoms with E-state index in [9.17, 15) is 9.59 Å². The fourth-order valence-electron chi connectivity index (χ4n) is 1.84. The number of carbonyl (C=O) groups excluding carboxylic acids is 1. The molecule has 0 saturated carbocycles. The van der Waals surface area contributed by atoms with Gasteiger partial charge < -0.3 is 14.8 Å². The molecule has 8 heteroatoms. The van der Waals surface area contributed by atoms with E-state index in [0.29, 0.717) is 17.8 Å². The maximum Gasteiger partial charge on any atom is 0.248 e. The molecule has 3 rings (SSSR count). The third kappa shape index (κ3) is 3.47. The summed E-state index contributed by atoms with van der Waals surface area (Å²) in [6.45, 7) is 0.153. The van der Waals surface area contributed by atoms with Gasteiger partial charge in [0.15, 0.2) is 0 Å². The Morgan fingerprint density at radius 3 is 3.09 bits per heavy atom. The molecular weight excluding hydrogens is 304 g/mol. The van der Waals surface area contributed by atoms with Crippen LogP contribution in [0, 0.1) is 0 Å². The molecule has 0 aromatic carbocycles. The van der Waals surface area contributed by atoms with Gasteiger partial charge in [-0.05, 0) is 17.5 Å². The van der Waals surface area contributed by atoms with Crippen LogP contribution in [0.5, 0.6) is 0 Å². The first-order valence-corrected chi connectivity index (χ1v) is 7.39.